The van der Waals surface area contributed by atoms with Crippen molar-refractivity contribution in [1.29, 1.82) is 0 Å². The Labute approximate surface area is 157 Å². The van der Waals surface area contributed by atoms with E-state index in [1.165, 1.54) is 0 Å². The predicted molar refractivity (Wildman–Crippen MR) is 91.6 cm³/mol. The van der Waals surface area contributed by atoms with Gasteiger partial charge in [-0.15, -0.1) is 0 Å². The first-order valence-corrected chi connectivity index (χ1v) is 8.31. The Hall–Kier alpha value is -2.77. The van der Waals surface area contributed by atoms with Gasteiger partial charge in [0.15, 0.2) is 23.3 Å². The standard InChI is InChI=1S/C21H15F5O2/c22-15-14(16(23)18(25)19(26)17(15)24)11-28-21(13-9-5-2-6-10-13)20(27)12-7-3-1-4-8-12/h1-10,20-21,27H,11H2/t20-,21-/m1/s1. The highest BCUT2D eigenvalue weighted by Crippen LogP contribution is 2.34. The van der Waals surface area contributed by atoms with Gasteiger partial charge in [0.25, 0.3) is 0 Å². The zero-order chi connectivity index (χ0) is 20.3. The maximum atomic E-state index is 13.9. The normalized spacial score (nSPS) is 13.4. The van der Waals surface area contributed by atoms with Crippen LogP contribution in [0.15, 0.2) is 60.7 Å². The highest BCUT2D eigenvalue weighted by Gasteiger charge is 2.28. The second kappa shape index (κ2) is 8.50. The third-order valence-electron chi connectivity index (χ3n) is 4.26. The number of hydrogen-bond donors (Lipinski definition) is 1. The van der Waals surface area contributed by atoms with Gasteiger partial charge in [0, 0.05) is 0 Å². The number of aliphatic hydroxyl groups excluding tert-OH is 1. The third-order valence-corrected chi connectivity index (χ3v) is 4.26. The molecule has 0 heterocycles. The van der Waals surface area contributed by atoms with Crippen LogP contribution in [0.2, 0.25) is 0 Å². The van der Waals surface area contributed by atoms with Crippen molar-refractivity contribution in [2.45, 2.75) is 18.8 Å². The van der Waals surface area contributed by atoms with Crippen LogP contribution in [0.5, 0.6) is 0 Å². The monoisotopic (exact) mass is 394 g/mol. The lowest BCUT2D eigenvalue weighted by molar-refractivity contribution is -0.0516. The number of aliphatic hydroxyl groups is 1. The minimum Gasteiger partial charge on any atom is -0.385 e. The predicted octanol–water partition coefficient (Wildman–Crippen LogP) is 5.37. The quantitative estimate of drug-likeness (QED) is 0.346. The van der Waals surface area contributed by atoms with E-state index < -0.39 is 53.5 Å². The lowest BCUT2D eigenvalue weighted by Gasteiger charge is -2.24. The lowest BCUT2D eigenvalue weighted by atomic mass is 9.98. The molecule has 3 rings (SSSR count). The maximum absolute atomic E-state index is 13.9. The van der Waals surface area contributed by atoms with Gasteiger partial charge < -0.3 is 9.84 Å². The van der Waals surface area contributed by atoms with Crippen LogP contribution in [0.1, 0.15) is 28.9 Å². The summed E-state index contributed by atoms with van der Waals surface area (Å²) in [6, 6.07) is 16.7. The molecule has 7 heteroatoms. The van der Waals surface area contributed by atoms with E-state index in [1.807, 2.05) is 0 Å². The molecule has 3 aromatic carbocycles. The van der Waals surface area contributed by atoms with Crippen molar-refractivity contribution in [3.05, 3.63) is 106 Å². The van der Waals surface area contributed by atoms with Gasteiger partial charge in [-0.3, -0.25) is 0 Å². The van der Waals surface area contributed by atoms with E-state index in [1.54, 1.807) is 60.7 Å². The SMILES string of the molecule is O[C@H](c1ccccc1)[C@H](OCc1c(F)c(F)c(F)c(F)c1F)c1ccccc1. The van der Waals surface area contributed by atoms with Crippen LogP contribution in [0, 0.1) is 29.1 Å². The Balaban J connectivity index is 1.94. The van der Waals surface area contributed by atoms with Crippen LogP contribution in [0.25, 0.3) is 0 Å². The van der Waals surface area contributed by atoms with Gasteiger partial charge in [-0.2, -0.15) is 0 Å². The minimum absolute atomic E-state index is 0.466. The number of halogens is 5. The van der Waals surface area contributed by atoms with Gasteiger partial charge in [0.05, 0.1) is 12.2 Å². The minimum atomic E-state index is -2.23. The van der Waals surface area contributed by atoms with Crippen LogP contribution in [0.3, 0.4) is 0 Å². The molecular formula is C21H15F5O2. The smallest absolute Gasteiger partial charge is 0.200 e. The molecule has 146 valence electrons. The average molecular weight is 394 g/mol. The van der Waals surface area contributed by atoms with Crippen LogP contribution in [-0.4, -0.2) is 5.11 Å². The van der Waals surface area contributed by atoms with Crippen molar-refractivity contribution < 1.29 is 31.8 Å². The van der Waals surface area contributed by atoms with Crippen molar-refractivity contribution in [1.82, 2.24) is 0 Å². The summed E-state index contributed by atoms with van der Waals surface area (Å²) in [7, 11) is 0. The molecule has 0 saturated carbocycles. The fourth-order valence-corrected chi connectivity index (χ4v) is 2.79. The first-order valence-electron chi connectivity index (χ1n) is 8.31. The van der Waals surface area contributed by atoms with Gasteiger partial charge >= 0.3 is 0 Å². The van der Waals surface area contributed by atoms with Crippen LogP contribution < -0.4 is 0 Å². The summed E-state index contributed by atoms with van der Waals surface area (Å²) in [4.78, 5) is 0. The number of rotatable bonds is 6. The van der Waals surface area contributed by atoms with E-state index in [9.17, 15) is 27.1 Å². The average Bonchev–Trinajstić information content (AvgIpc) is 2.74. The molecule has 0 aliphatic carbocycles. The Morgan fingerprint density at radius 2 is 1.07 bits per heavy atom. The third kappa shape index (κ3) is 3.90. The second-order valence-corrected chi connectivity index (χ2v) is 6.05. The fraction of sp³-hybridized carbons (Fsp3) is 0.143. The fourth-order valence-electron chi connectivity index (χ4n) is 2.79. The number of benzene rings is 3. The van der Waals surface area contributed by atoms with E-state index in [-0.39, 0.29) is 0 Å². The first-order chi connectivity index (χ1) is 13.4. The summed E-state index contributed by atoms with van der Waals surface area (Å²) in [5.41, 5.74) is -0.158. The summed E-state index contributed by atoms with van der Waals surface area (Å²) in [6.45, 7) is -0.921. The Morgan fingerprint density at radius 1 is 0.643 bits per heavy atom. The highest BCUT2D eigenvalue weighted by molar-refractivity contribution is 5.26. The van der Waals surface area contributed by atoms with E-state index in [4.69, 9.17) is 4.74 Å². The molecule has 3 aromatic rings. The number of ether oxygens (including phenoxy) is 1. The summed E-state index contributed by atoms with van der Waals surface area (Å²) >= 11 is 0. The molecule has 0 aliphatic heterocycles. The zero-order valence-corrected chi connectivity index (χ0v) is 14.4. The molecule has 0 aromatic heterocycles. The molecule has 1 N–H and O–H groups in total. The van der Waals surface area contributed by atoms with Crippen LogP contribution in [-0.2, 0) is 11.3 Å². The highest BCUT2D eigenvalue weighted by atomic mass is 19.2. The number of hydrogen-bond acceptors (Lipinski definition) is 2. The molecule has 0 radical (unpaired) electrons. The molecule has 2 atom stereocenters. The van der Waals surface area contributed by atoms with Gasteiger partial charge in [-0.05, 0) is 11.1 Å². The zero-order valence-electron chi connectivity index (χ0n) is 14.4. The molecule has 28 heavy (non-hydrogen) atoms. The van der Waals surface area contributed by atoms with Crippen molar-refractivity contribution in [2.24, 2.45) is 0 Å². The lowest BCUT2D eigenvalue weighted by Crippen LogP contribution is -2.16. The van der Waals surface area contributed by atoms with Gasteiger partial charge in [-0.1, -0.05) is 60.7 Å². The molecule has 0 aliphatic rings. The summed E-state index contributed by atoms with van der Waals surface area (Å²) < 4.78 is 73.3. The first kappa shape index (κ1) is 20.0. The molecule has 0 amide bonds. The molecule has 0 fully saturated rings. The summed E-state index contributed by atoms with van der Waals surface area (Å²) in [5.74, 6) is -10.2. The van der Waals surface area contributed by atoms with Gasteiger partial charge in [-0.25, -0.2) is 22.0 Å². The van der Waals surface area contributed by atoms with Crippen molar-refractivity contribution in [3.8, 4) is 0 Å². The van der Waals surface area contributed by atoms with Crippen molar-refractivity contribution in [3.63, 3.8) is 0 Å². The van der Waals surface area contributed by atoms with E-state index >= 15 is 0 Å². The van der Waals surface area contributed by atoms with E-state index in [2.05, 4.69) is 0 Å². The molecule has 0 bridgehead atoms. The van der Waals surface area contributed by atoms with Crippen molar-refractivity contribution >= 4 is 0 Å². The molecule has 0 saturated heterocycles. The Bertz CT molecular complexity index is 919. The molecular weight excluding hydrogens is 379 g/mol. The Morgan fingerprint density at radius 3 is 1.57 bits per heavy atom. The topological polar surface area (TPSA) is 29.5 Å². The van der Waals surface area contributed by atoms with Gasteiger partial charge in [0.1, 0.15) is 12.2 Å². The summed E-state index contributed by atoms with van der Waals surface area (Å²) in [5, 5.41) is 10.7. The summed E-state index contributed by atoms with van der Waals surface area (Å²) in [6.07, 6.45) is -2.33. The van der Waals surface area contributed by atoms with Gasteiger partial charge in [0.2, 0.25) is 5.82 Å². The molecule has 2 nitrogen and oxygen atoms in total. The van der Waals surface area contributed by atoms with Crippen LogP contribution in [0.4, 0.5) is 22.0 Å². The van der Waals surface area contributed by atoms with Crippen LogP contribution >= 0.6 is 0 Å². The Kier molecular flexibility index (Phi) is 6.06. The van der Waals surface area contributed by atoms with E-state index in [0.717, 1.165) is 0 Å². The molecule has 0 spiro atoms. The molecule has 0 unspecified atom stereocenters. The maximum Gasteiger partial charge on any atom is 0.200 e. The second-order valence-electron chi connectivity index (χ2n) is 6.05. The van der Waals surface area contributed by atoms with E-state index in [0.29, 0.717) is 11.1 Å². The van der Waals surface area contributed by atoms with Crippen molar-refractivity contribution in [2.75, 3.05) is 0 Å². The largest absolute Gasteiger partial charge is 0.385 e.